The molecule has 2 aromatic heterocycles. The number of piperidine rings is 1. The van der Waals surface area contributed by atoms with Crippen LogP contribution in [-0.4, -0.2) is 35.5 Å². The molecule has 29 heavy (non-hydrogen) atoms. The van der Waals surface area contributed by atoms with Crippen LogP contribution in [0.5, 0.6) is 0 Å². The predicted molar refractivity (Wildman–Crippen MR) is 118 cm³/mol. The topological polar surface area (TPSA) is 58.1 Å². The molecule has 3 atom stereocenters. The van der Waals surface area contributed by atoms with Crippen molar-refractivity contribution in [3.63, 3.8) is 0 Å². The highest BCUT2D eigenvalue weighted by atomic mass is 32.1. The summed E-state index contributed by atoms with van der Waals surface area (Å²) >= 11 is 1.74. The quantitative estimate of drug-likeness (QED) is 0.787. The summed E-state index contributed by atoms with van der Waals surface area (Å²) in [5.74, 6) is 4.28. The van der Waals surface area contributed by atoms with Crippen molar-refractivity contribution < 1.29 is 4.79 Å². The average molecular weight is 413 g/mol. The Balaban J connectivity index is 1.14. The molecule has 1 N–H and O–H groups in total. The molecule has 1 amide bonds. The fourth-order valence-electron chi connectivity index (χ4n) is 6.01. The summed E-state index contributed by atoms with van der Waals surface area (Å²) in [7, 11) is 0. The maximum atomic E-state index is 12.7. The summed E-state index contributed by atoms with van der Waals surface area (Å²) in [5.41, 5.74) is 1.29. The summed E-state index contributed by atoms with van der Waals surface area (Å²) in [6.07, 6.45) is 10.4. The van der Waals surface area contributed by atoms with Gasteiger partial charge in [0.15, 0.2) is 0 Å². The van der Waals surface area contributed by atoms with Crippen LogP contribution < -0.4 is 10.2 Å². The summed E-state index contributed by atoms with van der Waals surface area (Å²) in [6, 6.07) is 0. The zero-order valence-corrected chi connectivity index (χ0v) is 18.4. The van der Waals surface area contributed by atoms with Gasteiger partial charge in [-0.25, -0.2) is 9.97 Å². The second kappa shape index (κ2) is 7.86. The molecule has 5 rings (SSSR count). The van der Waals surface area contributed by atoms with Crippen molar-refractivity contribution in [2.75, 3.05) is 24.5 Å². The highest BCUT2D eigenvalue weighted by Crippen LogP contribution is 2.49. The van der Waals surface area contributed by atoms with E-state index in [1.54, 1.807) is 17.7 Å². The number of hydrogen-bond donors (Lipinski definition) is 1. The van der Waals surface area contributed by atoms with E-state index in [9.17, 15) is 4.79 Å². The second-order valence-corrected chi connectivity index (χ2v) is 10.6. The molecule has 5 nitrogen and oxygen atoms in total. The number of carbonyl (C=O) groups is 1. The van der Waals surface area contributed by atoms with E-state index in [4.69, 9.17) is 0 Å². The van der Waals surface area contributed by atoms with Crippen molar-refractivity contribution in [3.8, 4) is 0 Å². The highest BCUT2D eigenvalue weighted by Gasteiger charge is 2.39. The first-order valence-corrected chi connectivity index (χ1v) is 12.1. The van der Waals surface area contributed by atoms with Gasteiger partial charge in [0.25, 0.3) is 0 Å². The lowest BCUT2D eigenvalue weighted by Gasteiger charge is -2.32. The summed E-state index contributed by atoms with van der Waals surface area (Å²) in [6.45, 7) is 6.97. The smallest absolute Gasteiger partial charge is 0.223 e. The van der Waals surface area contributed by atoms with Gasteiger partial charge < -0.3 is 10.2 Å². The third-order valence-corrected chi connectivity index (χ3v) is 8.92. The van der Waals surface area contributed by atoms with Crippen molar-refractivity contribution in [3.05, 3.63) is 16.8 Å². The molecule has 2 aromatic rings. The zero-order valence-electron chi connectivity index (χ0n) is 17.6. The first-order chi connectivity index (χ1) is 14.1. The lowest BCUT2D eigenvalue weighted by Crippen LogP contribution is -2.41. The molecule has 0 radical (unpaired) electrons. The molecular formula is C23H32N4OS. The van der Waals surface area contributed by atoms with Gasteiger partial charge in [-0.05, 0) is 75.7 Å². The fourth-order valence-corrected chi connectivity index (χ4v) is 7.00. The number of anilines is 1. The standard InChI is InChI=1S/C23H32N4OS/c1-14-15(2)29-23-20(14)21(25-13-26-23)27-9-6-17(7-10-27)22(28)24-8-5-19-12-16-3-4-18(19)11-16/h13,16-19H,3-12H2,1-2H3,(H,24,28). The van der Waals surface area contributed by atoms with Gasteiger partial charge in [0.2, 0.25) is 5.91 Å². The molecule has 0 aromatic carbocycles. The zero-order chi connectivity index (χ0) is 20.0. The van der Waals surface area contributed by atoms with Crippen molar-refractivity contribution >= 4 is 33.3 Å². The Morgan fingerprint density at radius 2 is 2.00 bits per heavy atom. The third kappa shape index (κ3) is 3.65. The monoisotopic (exact) mass is 412 g/mol. The van der Waals surface area contributed by atoms with Gasteiger partial charge in [0.1, 0.15) is 17.0 Å². The SMILES string of the molecule is Cc1sc2ncnc(N3CCC(C(=O)NCCC4CC5CCC4C5)CC3)c2c1C. The molecule has 2 bridgehead atoms. The molecule has 3 heterocycles. The Morgan fingerprint density at radius 3 is 2.72 bits per heavy atom. The van der Waals surface area contributed by atoms with E-state index in [1.165, 1.54) is 47.9 Å². The second-order valence-electron chi connectivity index (χ2n) is 9.44. The number of aromatic nitrogens is 2. The Morgan fingerprint density at radius 1 is 1.17 bits per heavy atom. The molecule has 156 valence electrons. The van der Waals surface area contributed by atoms with E-state index in [0.29, 0.717) is 0 Å². The molecule has 6 heteroatoms. The molecule has 3 fully saturated rings. The maximum absolute atomic E-state index is 12.7. The number of nitrogens with one attached hydrogen (secondary N) is 1. The Labute approximate surface area is 177 Å². The Bertz CT molecular complexity index is 902. The van der Waals surface area contributed by atoms with Gasteiger partial charge >= 0.3 is 0 Å². The van der Waals surface area contributed by atoms with Gasteiger partial charge in [-0.1, -0.05) is 6.42 Å². The van der Waals surface area contributed by atoms with Gasteiger partial charge in [-0.2, -0.15) is 0 Å². The number of rotatable bonds is 5. The molecule has 2 saturated carbocycles. The van der Waals surface area contributed by atoms with Crippen molar-refractivity contribution in [2.45, 2.75) is 58.8 Å². The molecule has 2 aliphatic carbocycles. The van der Waals surface area contributed by atoms with Gasteiger partial charge in [0, 0.05) is 30.4 Å². The van der Waals surface area contributed by atoms with E-state index in [-0.39, 0.29) is 11.8 Å². The number of thiophene rings is 1. The summed E-state index contributed by atoms with van der Waals surface area (Å²) < 4.78 is 0. The summed E-state index contributed by atoms with van der Waals surface area (Å²) in [5, 5.41) is 4.45. The molecule has 3 aliphatic rings. The molecule has 3 unspecified atom stereocenters. The largest absolute Gasteiger partial charge is 0.356 e. The van der Waals surface area contributed by atoms with E-state index in [1.807, 2.05) is 0 Å². The first-order valence-electron chi connectivity index (χ1n) is 11.3. The van der Waals surface area contributed by atoms with Crippen LogP contribution in [0.4, 0.5) is 5.82 Å². The number of hydrogen-bond acceptors (Lipinski definition) is 5. The lowest BCUT2D eigenvalue weighted by atomic mass is 9.86. The number of carbonyl (C=O) groups excluding carboxylic acids is 1. The number of nitrogens with zero attached hydrogens (tertiary/aromatic N) is 3. The minimum atomic E-state index is 0.147. The normalized spacial score (nSPS) is 27.1. The molecule has 1 aliphatic heterocycles. The first kappa shape index (κ1) is 19.3. The van der Waals surface area contributed by atoms with Crippen LogP contribution in [0.1, 0.15) is 55.4 Å². The number of fused-ring (bicyclic) bond motifs is 3. The minimum absolute atomic E-state index is 0.147. The van der Waals surface area contributed by atoms with E-state index < -0.39 is 0 Å². The van der Waals surface area contributed by atoms with Crippen molar-refractivity contribution in [2.24, 2.45) is 23.7 Å². The Kier molecular flexibility index (Phi) is 5.23. The van der Waals surface area contributed by atoms with Crippen LogP contribution >= 0.6 is 11.3 Å². The van der Waals surface area contributed by atoms with Crippen LogP contribution in [-0.2, 0) is 4.79 Å². The number of aryl methyl sites for hydroxylation is 2. The van der Waals surface area contributed by atoms with Gasteiger partial charge in [-0.15, -0.1) is 11.3 Å². The molecular weight excluding hydrogens is 380 g/mol. The fraction of sp³-hybridized carbons (Fsp3) is 0.696. The van der Waals surface area contributed by atoms with Crippen LogP contribution in [0.15, 0.2) is 6.33 Å². The maximum Gasteiger partial charge on any atom is 0.223 e. The molecule has 1 saturated heterocycles. The van der Waals surface area contributed by atoms with Crippen LogP contribution in [0.3, 0.4) is 0 Å². The van der Waals surface area contributed by atoms with E-state index in [0.717, 1.165) is 60.9 Å². The number of amides is 1. The molecule has 0 spiro atoms. The minimum Gasteiger partial charge on any atom is -0.356 e. The Hall–Kier alpha value is -1.69. The van der Waals surface area contributed by atoms with Gasteiger partial charge in [0.05, 0.1) is 5.39 Å². The predicted octanol–water partition coefficient (Wildman–Crippen LogP) is 4.47. The van der Waals surface area contributed by atoms with Crippen molar-refractivity contribution in [1.82, 2.24) is 15.3 Å². The third-order valence-electron chi connectivity index (χ3n) is 7.81. The van der Waals surface area contributed by atoms with Crippen LogP contribution in [0.2, 0.25) is 0 Å². The van der Waals surface area contributed by atoms with Crippen LogP contribution in [0, 0.1) is 37.5 Å². The van der Waals surface area contributed by atoms with E-state index >= 15 is 0 Å². The van der Waals surface area contributed by atoms with Crippen LogP contribution in [0.25, 0.3) is 10.2 Å². The highest BCUT2D eigenvalue weighted by molar-refractivity contribution is 7.18. The summed E-state index contributed by atoms with van der Waals surface area (Å²) in [4.78, 5) is 26.5. The van der Waals surface area contributed by atoms with Crippen molar-refractivity contribution in [1.29, 1.82) is 0 Å². The average Bonchev–Trinajstić information content (AvgIpc) is 3.43. The van der Waals surface area contributed by atoms with E-state index in [2.05, 4.69) is 34.0 Å². The lowest BCUT2D eigenvalue weighted by molar-refractivity contribution is -0.125. The van der Waals surface area contributed by atoms with Gasteiger partial charge in [-0.3, -0.25) is 4.79 Å².